The maximum absolute atomic E-state index is 11.3. The number of hydrogen-bond acceptors (Lipinski definition) is 6. The topological polar surface area (TPSA) is 113 Å². The summed E-state index contributed by atoms with van der Waals surface area (Å²) in [4.78, 5) is 9.34. The number of rotatable bonds is 5. The fourth-order valence-corrected chi connectivity index (χ4v) is 2.74. The van der Waals surface area contributed by atoms with Gasteiger partial charge in [-0.2, -0.15) is 9.78 Å². The molecule has 2 rings (SSSR count). The highest BCUT2D eigenvalue weighted by molar-refractivity contribution is 8.13. The molecule has 114 valence electrons. The standard InChI is InChI=1S/C10H12ClN5O4S/c1-3-7-4-8(14(2)12-7)5-15-6-9(21(11,19)20)10(13-15)16(17)18/h4,6H,3,5H2,1-2H3. The zero-order valence-corrected chi connectivity index (χ0v) is 12.8. The van der Waals surface area contributed by atoms with Crippen molar-refractivity contribution in [1.29, 1.82) is 0 Å². The van der Waals surface area contributed by atoms with E-state index in [9.17, 15) is 18.5 Å². The first kappa shape index (κ1) is 15.4. The minimum Gasteiger partial charge on any atom is -0.358 e. The highest BCUT2D eigenvalue weighted by Crippen LogP contribution is 2.25. The van der Waals surface area contributed by atoms with E-state index in [2.05, 4.69) is 10.2 Å². The lowest BCUT2D eigenvalue weighted by molar-refractivity contribution is -0.392. The number of nitro groups is 1. The van der Waals surface area contributed by atoms with Crippen molar-refractivity contribution in [2.45, 2.75) is 24.8 Å². The summed E-state index contributed by atoms with van der Waals surface area (Å²) in [6.45, 7) is 2.10. The van der Waals surface area contributed by atoms with E-state index in [-0.39, 0.29) is 6.54 Å². The fraction of sp³-hybridized carbons (Fsp3) is 0.400. The van der Waals surface area contributed by atoms with Crippen LogP contribution in [0.3, 0.4) is 0 Å². The summed E-state index contributed by atoms with van der Waals surface area (Å²) < 4.78 is 25.4. The van der Waals surface area contributed by atoms with Crippen LogP contribution < -0.4 is 0 Å². The maximum Gasteiger partial charge on any atom is 0.410 e. The third-order valence-corrected chi connectivity index (χ3v) is 4.17. The molecular weight excluding hydrogens is 322 g/mol. The zero-order valence-electron chi connectivity index (χ0n) is 11.2. The molecule has 0 amide bonds. The Morgan fingerprint density at radius 3 is 2.52 bits per heavy atom. The predicted molar refractivity (Wildman–Crippen MR) is 73.6 cm³/mol. The zero-order chi connectivity index (χ0) is 15.8. The average Bonchev–Trinajstić information content (AvgIpc) is 2.94. The van der Waals surface area contributed by atoms with Crippen molar-refractivity contribution in [3.8, 4) is 0 Å². The van der Waals surface area contributed by atoms with Crippen molar-refractivity contribution in [2.24, 2.45) is 7.05 Å². The van der Waals surface area contributed by atoms with Crippen molar-refractivity contribution in [2.75, 3.05) is 0 Å². The molecule has 11 heteroatoms. The Labute approximate surface area is 124 Å². The molecule has 9 nitrogen and oxygen atoms in total. The summed E-state index contributed by atoms with van der Waals surface area (Å²) in [5.41, 5.74) is 1.60. The van der Waals surface area contributed by atoms with E-state index in [0.29, 0.717) is 0 Å². The van der Waals surface area contributed by atoms with E-state index in [0.717, 1.165) is 28.7 Å². The number of aryl methyl sites for hydroxylation is 2. The lowest BCUT2D eigenvalue weighted by Gasteiger charge is -1.97. The Morgan fingerprint density at radius 1 is 1.43 bits per heavy atom. The van der Waals surface area contributed by atoms with E-state index >= 15 is 0 Å². The lowest BCUT2D eigenvalue weighted by Crippen LogP contribution is -2.06. The molecule has 0 aliphatic heterocycles. The van der Waals surface area contributed by atoms with Crippen LogP contribution in [0, 0.1) is 10.1 Å². The second kappa shape index (κ2) is 5.45. The Kier molecular flexibility index (Phi) is 4.01. The fourth-order valence-electron chi connectivity index (χ4n) is 1.83. The summed E-state index contributed by atoms with van der Waals surface area (Å²) in [6.07, 6.45) is 1.79. The monoisotopic (exact) mass is 333 g/mol. The van der Waals surface area contributed by atoms with Crippen LogP contribution in [0.2, 0.25) is 0 Å². The molecule has 0 aromatic carbocycles. The van der Waals surface area contributed by atoms with Crippen LogP contribution in [0.4, 0.5) is 5.82 Å². The molecule has 2 heterocycles. The van der Waals surface area contributed by atoms with E-state index in [4.69, 9.17) is 10.7 Å². The normalized spacial score (nSPS) is 11.8. The molecule has 0 atom stereocenters. The molecule has 0 spiro atoms. The first-order chi connectivity index (χ1) is 9.72. The molecule has 0 radical (unpaired) electrons. The van der Waals surface area contributed by atoms with Crippen molar-refractivity contribution in [1.82, 2.24) is 19.6 Å². The Morgan fingerprint density at radius 2 is 2.10 bits per heavy atom. The number of nitrogens with zero attached hydrogens (tertiary/aromatic N) is 5. The molecule has 0 N–H and O–H groups in total. The number of aromatic nitrogens is 4. The Bertz CT molecular complexity index is 794. The van der Waals surface area contributed by atoms with Gasteiger partial charge in [-0.05, 0) is 17.4 Å². The van der Waals surface area contributed by atoms with Gasteiger partial charge in [-0.1, -0.05) is 6.92 Å². The summed E-state index contributed by atoms with van der Waals surface area (Å²) in [6, 6.07) is 1.82. The molecule has 0 aliphatic carbocycles. The van der Waals surface area contributed by atoms with E-state index in [1.807, 2.05) is 13.0 Å². The van der Waals surface area contributed by atoms with E-state index in [1.54, 1.807) is 11.7 Å². The third-order valence-electron chi connectivity index (χ3n) is 2.86. The Hall–Kier alpha value is -1.94. The van der Waals surface area contributed by atoms with Crippen LogP contribution in [0.5, 0.6) is 0 Å². The van der Waals surface area contributed by atoms with Gasteiger partial charge in [-0.15, -0.1) is 0 Å². The summed E-state index contributed by atoms with van der Waals surface area (Å²) >= 11 is 0. The lowest BCUT2D eigenvalue weighted by atomic mass is 10.3. The van der Waals surface area contributed by atoms with Crippen molar-refractivity contribution < 1.29 is 13.3 Å². The Balaban J connectivity index is 2.41. The average molecular weight is 334 g/mol. The third kappa shape index (κ3) is 3.22. The van der Waals surface area contributed by atoms with Gasteiger partial charge in [0.25, 0.3) is 9.05 Å². The van der Waals surface area contributed by atoms with Gasteiger partial charge in [0, 0.05) is 17.7 Å². The van der Waals surface area contributed by atoms with Gasteiger partial charge in [0.05, 0.1) is 22.7 Å². The first-order valence-electron chi connectivity index (χ1n) is 5.90. The minimum absolute atomic E-state index is 0.150. The van der Waals surface area contributed by atoms with Crippen LogP contribution in [-0.2, 0) is 29.1 Å². The van der Waals surface area contributed by atoms with Crippen molar-refractivity contribution in [3.05, 3.63) is 33.8 Å². The highest BCUT2D eigenvalue weighted by Gasteiger charge is 2.30. The maximum atomic E-state index is 11.3. The summed E-state index contributed by atoms with van der Waals surface area (Å²) in [7, 11) is 2.67. The second-order valence-electron chi connectivity index (χ2n) is 4.31. The SMILES string of the molecule is CCc1cc(Cn2cc(S(=O)(=O)Cl)c([N+](=O)[O-])n2)n(C)n1. The van der Waals surface area contributed by atoms with Crippen molar-refractivity contribution >= 4 is 25.6 Å². The van der Waals surface area contributed by atoms with E-state index < -0.39 is 24.7 Å². The van der Waals surface area contributed by atoms with Crippen LogP contribution in [0.15, 0.2) is 17.2 Å². The van der Waals surface area contributed by atoms with Crippen LogP contribution in [-0.4, -0.2) is 32.9 Å². The molecule has 0 saturated carbocycles. The van der Waals surface area contributed by atoms with Gasteiger partial charge >= 0.3 is 5.82 Å². The molecule has 0 aliphatic rings. The number of hydrogen-bond donors (Lipinski definition) is 0. The first-order valence-corrected chi connectivity index (χ1v) is 8.21. The molecule has 0 saturated heterocycles. The van der Waals surface area contributed by atoms with Crippen LogP contribution in [0.25, 0.3) is 0 Å². The van der Waals surface area contributed by atoms with Gasteiger partial charge in [0.1, 0.15) is 6.54 Å². The molecule has 0 fully saturated rings. The number of halogens is 1. The van der Waals surface area contributed by atoms with Gasteiger partial charge in [-0.3, -0.25) is 4.68 Å². The minimum atomic E-state index is -4.23. The summed E-state index contributed by atoms with van der Waals surface area (Å²) in [5.74, 6) is -0.789. The largest absolute Gasteiger partial charge is 0.410 e. The molecule has 21 heavy (non-hydrogen) atoms. The van der Waals surface area contributed by atoms with Gasteiger partial charge < -0.3 is 10.1 Å². The molecule has 0 unspecified atom stereocenters. The van der Waals surface area contributed by atoms with Gasteiger partial charge in [0.2, 0.25) is 4.90 Å². The van der Waals surface area contributed by atoms with Gasteiger partial charge in [0.15, 0.2) is 0 Å². The predicted octanol–water partition coefficient (Wildman–Crippen LogP) is 1.06. The molecular formula is C10H12ClN5O4S. The smallest absolute Gasteiger partial charge is 0.358 e. The second-order valence-corrected chi connectivity index (χ2v) is 6.85. The van der Waals surface area contributed by atoms with E-state index in [1.165, 1.54) is 0 Å². The molecule has 0 bridgehead atoms. The molecule has 2 aromatic rings. The van der Waals surface area contributed by atoms with Crippen molar-refractivity contribution in [3.63, 3.8) is 0 Å². The van der Waals surface area contributed by atoms with Crippen LogP contribution >= 0.6 is 10.7 Å². The quantitative estimate of drug-likeness (QED) is 0.459. The highest BCUT2D eigenvalue weighted by atomic mass is 35.7. The summed E-state index contributed by atoms with van der Waals surface area (Å²) in [5, 5.41) is 18.7. The van der Waals surface area contributed by atoms with Crippen LogP contribution in [0.1, 0.15) is 18.3 Å². The molecule has 2 aromatic heterocycles. The van der Waals surface area contributed by atoms with Gasteiger partial charge in [-0.25, -0.2) is 8.42 Å².